The van der Waals surface area contributed by atoms with Gasteiger partial charge >= 0.3 is 0 Å². The van der Waals surface area contributed by atoms with Crippen LogP contribution in [0.25, 0.3) is 0 Å². The molecule has 3 atom stereocenters. The molecule has 0 rings (SSSR count). The van der Waals surface area contributed by atoms with Crippen molar-refractivity contribution in [3.63, 3.8) is 0 Å². The molecule has 0 aliphatic rings. The molecule has 0 heterocycles. The van der Waals surface area contributed by atoms with Crippen molar-refractivity contribution in [2.45, 2.75) is 18.3 Å². The van der Waals surface area contributed by atoms with Crippen LogP contribution in [-0.4, -0.2) is 59.1 Å². The second kappa shape index (κ2) is 5.45. The van der Waals surface area contributed by atoms with E-state index < -0.39 is 24.9 Å². The summed E-state index contributed by atoms with van der Waals surface area (Å²) in [5.74, 6) is 0. The molecular formula is C6H14O5. The van der Waals surface area contributed by atoms with Gasteiger partial charge in [-0.1, -0.05) is 0 Å². The molecule has 11 heavy (non-hydrogen) atoms. The number of ether oxygens (including phenoxy) is 1. The number of methoxy groups -OCH3 is 1. The molecule has 0 spiro atoms. The van der Waals surface area contributed by atoms with Gasteiger partial charge in [0, 0.05) is 7.11 Å². The molecule has 0 bridgehead atoms. The molecule has 0 aromatic heterocycles. The highest BCUT2D eigenvalue weighted by Gasteiger charge is 2.23. The Labute approximate surface area is 64.9 Å². The molecule has 0 aliphatic heterocycles. The predicted molar refractivity (Wildman–Crippen MR) is 37.0 cm³/mol. The topological polar surface area (TPSA) is 90.2 Å². The van der Waals surface area contributed by atoms with Crippen LogP contribution in [0.2, 0.25) is 0 Å². The highest BCUT2D eigenvalue weighted by Crippen LogP contribution is 1.99. The van der Waals surface area contributed by atoms with E-state index >= 15 is 0 Å². The van der Waals surface area contributed by atoms with Gasteiger partial charge in [-0.2, -0.15) is 0 Å². The first-order valence-electron chi connectivity index (χ1n) is 3.27. The second-order valence-electron chi connectivity index (χ2n) is 2.26. The third-order valence-electron chi connectivity index (χ3n) is 1.31. The lowest BCUT2D eigenvalue weighted by Crippen LogP contribution is -2.41. The van der Waals surface area contributed by atoms with E-state index in [1.165, 1.54) is 7.11 Å². The average Bonchev–Trinajstić information content (AvgIpc) is 2.02. The van der Waals surface area contributed by atoms with Crippen molar-refractivity contribution in [3.8, 4) is 0 Å². The monoisotopic (exact) mass is 166 g/mol. The summed E-state index contributed by atoms with van der Waals surface area (Å²) in [6.07, 6.45) is -3.85. The minimum Gasteiger partial charge on any atom is -0.394 e. The van der Waals surface area contributed by atoms with Gasteiger partial charge in [0.05, 0.1) is 13.2 Å². The fourth-order valence-electron chi connectivity index (χ4n) is 0.634. The first-order chi connectivity index (χ1) is 5.13. The molecule has 0 aliphatic carbocycles. The molecule has 5 nitrogen and oxygen atoms in total. The van der Waals surface area contributed by atoms with Gasteiger partial charge in [-0.25, -0.2) is 0 Å². The zero-order valence-electron chi connectivity index (χ0n) is 6.34. The summed E-state index contributed by atoms with van der Waals surface area (Å²) in [6.45, 7) is -0.653. The second-order valence-corrected chi connectivity index (χ2v) is 2.26. The summed E-state index contributed by atoms with van der Waals surface area (Å²) in [5, 5.41) is 35.1. The number of rotatable bonds is 5. The molecular weight excluding hydrogens is 152 g/mol. The van der Waals surface area contributed by atoms with E-state index in [-0.39, 0.29) is 6.61 Å². The maximum atomic E-state index is 8.98. The summed E-state index contributed by atoms with van der Waals surface area (Å²) in [4.78, 5) is 0. The zero-order chi connectivity index (χ0) is 8.85. The van der Waals surface area contributed by atoms with Crippen molar-refractivity contribution in [1.29, 1.82) is 0 Å². The van der Waals surface area contributed by atoms with Crippen molar-refractivity contribution >= 4 is 0 Å². The van der Waals surface area contributed by atoms with Crippen LogP contribution in [0.4, 0.5) is 0 Å². The Hall–Kier alpha value is -0.200. The first-order valence-corrected chi connectivity index (χ1v) is 3.27. The SMILES string of the molecule is COC[C@@H](O)[C@H](O)[C@@H](O)CO. The highest BCUT2D eigenvalue weighted by molar-refractivity contribution is 4.73. The van der Waals surface area contributed by atoms with Gasteiger partial charge in [-0.05, 0) is 0 Å². The van der Waals surface area contributed by atoms with Crippen molar-refractivity contribution in [3.05, 3.63) is 0 Å². The summed E-state index contributed by atoms with van der Waals surface area (Å²) in [5.41, 5.74) is 0. The molecule has 5 heteroatoms. The number of aliphatic hydroxyl groups excluding tert-OH is 4. The van der Waals surface area contributed by atoms with Gasteiger partial charge < -0.3 is 25.2 Å². The largest absolute Gasteiger partial charge is 0.394 e. The third-order valence-corrected chi connectivity index (χ3v) is 1.31. The first kappa shape index (κ1) is 10.8. The Balaban J connectivity index is 3.70. The standard InChI is InChI=1S/C6H14O5/c1-11-3-5(9)6(10)4(8)2-7/h4-10H,2-3H2,1H3/t4-,5+,6+/m0/s1. The van der Waals surface area contributed by atoms with Crippen LogP contribution in [0.5, 0.6) is 0 Å². The predicted octanol–water partition coefficient (Wildman–Crippen LogP) is -2.29. The van der Waals surface area contributed by atoms with Gasteiger partial charge in [-0.3, -0.25) is 0 Å². The van der Waals surface area contributed by atoms with Crippen LogP contribution in [0.3, 0.4) is 0 Å². The quantitative estimate of drug-likeness (QED) is 0.369. The summed E-state index contributed by atoms with van der Waals surface area (Å²) in [6, 6.07) is 0. The van der Waals surface area contributed by atoms with E-state index in [0.29, 0.717) is 0 Å². The van der Waals surface area contributed by atoms with E-state index in [4.69, 9.17) is 20.4 Å². The smallest absolute Gasteiger partial charge is 0.110 e. The number of aliphatic hydroxyl groups is 4. The molecule has 0 aromatic rings. The summed E-state index contributed by atoms with van der Waals surface area (Å²) >= 11 is 0. The fourth-order valence-corrected chi connectivity index (χ4v) is 0.634. The number of hydrogen-bond donors (Lipinski definition) is 4. The van der Waals surface area contributed by atoms with Gasteiger partial charge in [0.1, 0.15) is 18.3 Å². The normalized spacial score (nSPS) is 19.4. The van der Waals surface area contributed by atoms with Crippen LogP contribution in [0.1, 0.15) is 0 Å². The van der Waals surface area contributed by atoms with Crippen molar-refractivity contribution < 1.29 is 25.2 Å². The number of hydrogen-bond acceptors (Lipinski definition) is 5. The lowest BCUT2D eigenvalue weighted by molar-refractivity contribution is -0.0947. The van der Waals surface area contributed by atoms with Crippen LogP contribution in [-0.2, 0) is 4.74 Å². The van der Waals surface area contributed by atoms with E-state index in [1.807, 2.05) is 0 Å². The van der Waals surface area contributed by atoms with Crippen LogP contribution >= 0.6 is 0 Å². The van der Waals surface area contributed by atoms with E-state index in [2.05, 4.69) is 4.74 Å². The fraction of sp³-hybridized carbons (Fsp3) is 1.00. The Kier molecular flexibility index (Phi) is 5.35. The average molecular weight is 166 g/mol. The van der Waals surface area contributed by atoms with Crippen molar-refractivity contribution in [2.75, 3.05) is 20.3 Å². The molecule has 0 saturated carbocycles. The Morgan fingerprint density at radius 2 is 1.73 bits per heavy atom. The minimum atomic E-state index is -1.36. The zero-order valence-corrected chi connectivity index (χ0v) is 6.34. The van der Waals surface area contributed by atoms with E-state index in [1.54, 1.807) is 0 Å². The molecule has 0 unspecified atom stereocenters. The maximum Gasteiger partial charge on any atom is 0.110 e. The van der Waals surface area contributed by atoms with Gasteiger partial charge in [0.2, 0.25) is 0 Å². The molecule has 0 saturated heterocycles. The highest BCUT2D eigenvalue weighted by atomic mass is 16.5. The van der Waals surface area contributed by atoms with Crippen LogP contribution in [0.15, 0.2) is 0 Å². The lowest BCUT2D eigenvalue weighted by Gasteiger charge is -2.20. The Bertz CT molecular complexity index is 97.0. The molecule has 0 aromatic carbocycles. The Morgan fingerprint density at radius 3 is 2.09 bits per heavy atom. The Morgan fingerprint density at radius 1 is 1.18 bits per heavy atom. The van der Waals surface area contributed by atoms with Gasteiger partial charge in [0.25, 0.3) is 0 Å². The summed E-state index contributed by atoms with van der Waals surface area (Å²) < 4.78 is 4.52. The maximum absolute atomic E-state index is 8.98. The van der Waals surface area contributed by atoms with E-state index in [0.717, 1.165) is 0 Å². The van der Waals surface area contributed by atoms with Crippen molar-refractivity contribution in [2.24, 2.45) is 0 Å². The molecule has 0 radical (unpaired) electrons. The molecule has 4 N–H and O–H groups in total. The summed E-state index contributed by atoms with van der Waals surface area (Å²) in [7, 11) is 1.36. The van der Waals surface area contributed by atoms with Gasteiger partial charge in [-0.15, -0.1) is 0 Å². The van der Waals surface area contributed by atoms with E-state index in [9.17, 15) is 0 Å². The van der Waals surface area contributed by atoms with Crippen LogP contribution < -0.4 is 0 Å². The molecule has 0 amide bonds. The molecule has 68 valence electrons. The molecule has 0 fully saturated rings. The third kappa shape index (κ3) is 3.64. The van der Waals surface area contributed by atoms with Crippen molar-refractivity contribution in [1.82, 2.24) is 0 Å². The lowest BCUT2D eigenvalue weighted by atomic mass is 10.1. The van der Waals surface area contributed by atoms with Gasteiger partial charge in [0.15, 0.2) is 0 Å². The minimum absolute atomic E-state index is 0.0712. The van der Waals surface area contributed by atoms with Crippen LogP contribution in [0, 0.1) is 0 Å².